The third kappa shape index (κ3) is 6.76. The van der Waals surface area contributed by atoms with Crippen molar-refractivity contribution < 1.29 is 17.9 Å². The molecule has 0 aliphatic carbocycles. The van der Waals surface area contributed by atoms with Crippen molar-refractivity contribution in [3.63, 3.8) is 0 Å². The first kappa shape index (κ1) is 27.3. The second-order valence-electron chi connectivity index (χ2n) is 8.93. The number of halogens is 2. The summed E-state index contributed by atoms with van der Waals surface area (Å²) in [5, 5.41) is 0.800. The lowest BCUT2D eigenvalue weighted by Gasteiger charge is -2.36. The zero-order valence-electron chi connectivity index (χ0n) is 20.7. The molecule has 1 fully saturated rings. The number of hydrogen-bond donors (Lipinski definition) is 1. The number of ether oxygens (including phenoxy) is 1. The van der Waals surface area contributed by atoms with Crippen LogP contribution in [0.15, 0.2) is 71.6 Å². The number of benzene rings is 3. The van der Waals surface area contributed by atoms with Gasteiger partial charge in [-0.15, -0.1) is 0 Å². The van der Waals surface area contributed by atoms with Gasteiger partial charge < -0.3 is 14.5 Å². The van der Waals surface area contributed by atoms with Crippen LogP contribution in [0.4, 0.5) is 5.69 Å². The molecule has 1 aliphatic rings. The quantitative estimate of drug-likeness (QED) is 0.415. The zero-order chi connectivity index (χ0) is 26.6. The van der Waals surface area contributed by atoms with E-state index in [1.807, 2.05) is 55.5 Å². The van der Waals surface area contributed by atoms with E-state index in [1.54, 1.807) is 11.8 Å². The molecule has 3 aromatic carbocycles. The van der Waals surface area contributed by atoms with Crippen LogP contribution < -0.4 is 14.4 Å². The highest BCUT2D eigenvalue weighted by Crippen LogP contribution is 2.29. The number of piperazine rings is 1. The molecule has 0 aromatic heterocycles. The lowest BCUT2D eigenvalue weighted by molar-refractivity contribution is -0.133. The molecule has 0 spiro atoms. The maximum atomic E-state index is 12.8. The third-order valence-corrected chi connectivity index (χ3v) is 8.41. The van der Waals surface area contributed by atoms with E-state index < -0.39 is 16.1 Å². The van der Waals surface area contributed by atoms with Gasteiger partial charge in [-0.25, -0.2) is 13.1 Å². The van der Waals surface area contributed by atoms with Crippen LogP contribution in [-0.4, -0.2) is 52.0 Å². The van der Waals surface area contributed by atoms with Gasteiger partial charge in [-0.3, -0.25) is 4.79 Å². The van der Waals surface area contributed by atoms with Gasteiger partial charge in [0.15, 0.2) is 6.61 Å². The van der Waals surface area contributed by atoms with Crippen molar-refractivity contribution >= 4 is 44.8 Å². The Morgan fingerprint density at radius 3 is 2.38 bits per heavy atom. The largest absolute Gasteiger partial charge is 0.482 e. The van der Waals surface area contributed by atoms with Crippen LogP contribution in [0, 0.1) is 6.92 Å². The Morgan fingerprint density at radius 1 is 1.00 bits per heavy atom. The van der Waals surface area contributed by atoms with Crippen LogP contribution in [0.25, 0.3) is 0 Å². The first-order valence-corrected chi connectivity index (χ1v) is 14.2. The molecule has 4 rings (SSSR count). The topological polar surface area (TPSA) is 79.0 Å². The number of aryl methyl sites for hydroxylation is 1. The van der Waals surface area contributed by atoms with Gasteiger partial charge in [0.25, 0.3) is 5.91 Å². The standard InChI is InChI=1S/C27H29Cl2N3O4S/c1-19-8-9-22(28)16-25(19)31-12-14-32(15-13-31)27(33)18-36-26-11-10-23(17-24(26)29)37(34,35)30-20(2)21-6-4-3-5-7-21/h3-11,16-17,20,30H,12-15,18H2,1-2H3. The Hall–Kier alpha value is -2.78. The number of nitrogens with one attached hydrogen (secondary N) is 1. The molecule has 37 heavy (non-hydrogen) atoms. The summed E-state index contributed by atoms with van der Waals surface area (Å²) < 4.78 is 34.0. The molecule has 1 amide bonds. The normalized spacial score (nSPS) is 14.9. The first-order valence-electron chi connectivity index (χ1n) is 11.9. The van der Waals surface area contributed by atoms with Crippen molar-refractivity contribution in [3.8, 4) is 5.75 Å². The van der Waals surface area contributed by atoms with Crippen LogP contribution >= 0.6 is 23.2 Å². The van der Waals surface area contributed by atoms with Gasteiger partial charge in [0, 0.05) is 42.9 Å². The predicted octanol–water partition coefficient (Wildman–Crippen LogP) is 5.07. The Morgan fingerprint density at radius 2 is 1.70 bits per heavy atom. The van der Waals surface area contributed by atoms with E-state index in [2.05, 4.69) is 9.62 Å². The lowest BCUT2D eigenvalue weighted by atomic mass is 10.1. The minimum Gasteiger partial charge on any atom is -0.482 e. The number of nitrogens with zero attached hydrogens (tertiary/aromatic N) is 2. The third-order valence-electron chi connectivity index (χ3n) is 6.34. The highest BCUT2D eigenvalue weighted by molar-refractivity contribution is 7.89. The molecule has 0 radical (unpaired) electrons. The van der Waals surface area contributed by atoms with Crippen molar-refractivity contribution in [2.24, 2.45) is 0 Å². The van der Waals surface area contributed by atoms with E-state index in [9.17, 15) is 13.2 Å². The summed E-state index contributed by atoms with van der Waals surface area (Å²) in [7, 11) is -3.81. The van der Waals surface area contributed by atoms with Gasteiger partial charge in [-0.1, -0.05) is 59.6 Å². The summed E-state index contributed by atoms with van der Waals surface area (Å²) in [4.78, 5) is 16.7. The van der Waals surface area contributed by atoms with Crippen molar-refractivity contribution in [1.82, 2.24) is 9.62 Å². The van der Waals surface area contributed by atoms with Gasteiger partial charge in [0.05, 0.1) is 9.92 Å². The van der Waals surface area contributed by atoms with E-state index >= 15 is 0 Å². The molecule has 7 nitrogen and oxygen atoms in total. The summed E-state index contributed by atoms with van der Waals surface area (Å²) >= 11 is 12.5. The van der Waals surface area contributed by atoms with E-state index in [-0.39, 0.29) is 28.2 Å². The summed E-state index contributed by atoms with van der Waals surface area (Å²) in [5.41, 5.74) is 3.06. The molecule has 1 heterocycles. The second kappa shape index (κ2) is 11.7. The highest BCUT2D eigenvalue weighted by Gasteiger charge is 2.24. The average Bonchev–Trinajstić information content (AvgIpc) is 2.89. The number of amides is 1. The fraction of sp³-hybridized carbons (Fsp3) is 0.296. The van der Waals surface area contributed by atoms with E-state index in [1.165, 1.54) is 18.2 Å². The summed E-state index contributed by atoms with van der Waals surface area (Å²) in [6.07, 6.45) is 0. The van der Waals surface area contributed by atoms with Gasteiger partial charge in [-0.05, 0) is 55.3 Å². The molecule has 196 valence electrons. The van der Waals surface area contributed by atoms with E-state index in [0.29, 0.717) is 31.2 Å². The van der Waals surface area contributed by atoms with Crippen molar-refractivity contribution in [3.05, 3.63) is 87.9 Å². The molecule has 1 unspecified atom stereocenters. The Labute approximate surface area is 228 Å². The summed E-state index contributed by atoms with van der Waals surface area (Å²) in [6.45, 7) is 6.12. The maximum absolute atomic E-state index is 12.8. The minimum absolute atomic E-state index is 0.0198. The van der Waals surface area contributed by atoms with E-state index in [4.69, 9.17) is 27.9 Å². The molecule has 1 saturated heterocycles. The second-order valence-corrected chi connectivity index (χ2v) is 11.5. The average molecular weight is 563 g/mol. The number of anilines is 1. The van der Waals surface area contributed by atoms with E-state index in [0.717, 1.165) is 16.8 Å². The Kier molecular flexibility index (Phi) is 8.64. The SMILES string of the molecule is Cc1ccc(Cl)cc1N1CCN(C(=O)COc2ccc(S(=O)(=O)NC(C)c3ccccc3)cc2Cl)CC1. The van der Waals surface area contributed by atoms with Gasteiger partial charge >= 0.3 is 0 Å². The molecular formula is C27H29Cl2N3O4S. The van der Waals surface area contributed by atoms with Gasteiger partial charge in [0.2, 0.25) is 10.0 Å². The van der Waals surface area contributed by atoms with Crippen molar-refractivity contribution in [1.29, 1.82) is 0 Å². The molecule has 1 aliphatic heterocycles. The molecule has 1 N–H and O–H groups in total. The minimum atomic E-state index is -3.81. The fourth-order valence-electron chi connectivity index (χ4n) is 4.23. The van der Waals surface area contributed by atoms with Crippen LogP contribution in [0.1, 0.15) is 24.1 Å². The zero-order valence-corrected chi connectivity index (χ0v) is 23.0. The van der Waals surface area contributed by atoms with Crippen LogP contribution in [0.5, 0.6) is 5.75 Å². The molecule has 1 atom stereocenters. The van der Waals surface area contributed by atoms with Crippen molar-refractivity contribution in [2.45, 2.75) is 24.8 Å². The van der Waals surface area contributed by atoms with Gasteiger partial charge in [-0.2, -0.15) is 0 Å². The van der Waals surface area contributed by atoms with Gasteiger partial charge in [0.1, 0.15) is 5.75 Å². The molecular weight excluding hydrogens is 533 g/mol. The molecule has 3 aromatic rings. The predicted molar refractivity (Wildman–Crippen MR) is 147 cm³/mol. The monoisotopic (exact) mass is 561 g/mol. The summed E-state index contributed by atoms with van der Waals surface area (Å²) in [6, 6.07) is 18.9. The van der Waals surface area contributed by atoms with Crippen LogP contribution in [0.3, 0.4) is 0 Å². The van der Waals surface area contributed by atoms with Crippen molar-refractivity contribution in [2.75, 3.05) is 37.7 Å². The molecule has 0 bridgehead atoms. The van der Waals surface area contributed by atoms with Crippen LogP contribution in [-0.2, 0) is 14.8 Å². The Balaban J connectivity index is 1.32. The fourth-order valence-corrected chi connectivity index (χ4v) is 5.95. The number of sulfonamides is 1. The van der Waals surface area contributed by atoms with Crippen LogP contribution in [0.2, 0.25) is 10.0 Å². The first-order chi connectivity index (χ1) is 17.6. The summed E-state index contributed by atoms with van der Waals surface area (Å²) in [5.74, 6) is 0.0897. The maximum Gasteiger partial charge on any atom is 0.260 e. The highest BCUT2D eigenvalue weighted by atomic mass is 35.5. The number of rotatable bonds is 8. The number of carbonyl (C=O) groups is 1. The lowest BCUT2D eigenvalue weighted by Crippen LogP contribution is -2.50. The number of hydrogen-bond acceptors (Lipinski definition) is 5. The molecule has 0 saturated carbocycles. The Bertz CT molecular complexity index is 1360. The number of carbonyl (C=O) groups excluding carboxylic acids is 1. The smallest absolute Gasteiger partial charge is 0.260 e. The molecule has 10 heteroatoms.